The fourth-order valence-electron chi connectivity index (χ4n) is 3.43. The average molecular weight is 517 g/mol. The summed E-state index contributed by atoms with van der Waals surface area (Å²) in [6.07, 6.45) is 3.48. The van der Waals surface area contributed by atoms with E-state index in [0.717, 1.165) is 5.56 Å². The molecule has 3 rings (SSSR count). The van der Waals surface area contributed by atoms with Crippen molar-refractivity contribution in [1.82, 2.24) is 0 Å². The van der Waals surface area contributed by atoms with Crippen molar-refractivity contribution in [2.75, 3.05) is 46.0 Å². The third-order valence-corrected chi connectivity index (χ3v) is 6.59. The highest BCUT2D eigenvalue weighted by Crippen LogP contribution is 2.40. The minimum absolute atomic E-state index is 0.0757. The Morgan fingerprint density at radius 2 is 1.28 bits per heavy atom. The second kappa shape index (κ2) is 11.0. The number of phenolic OH excluding ortho intramolecular Hbond substituents is 1. The molecule has 11 heteroatoms. The van der Waals surface area contributed by atoms with Crippen molar-refractivity contribution < 1.29 is 37.2 Å². The van der Waals surface area contributed by atoms with Crippen LogP contribution in [0, 0.1) is 0 Å². The van der Waals surface area contributed by atoms with Gasteiger partial charge in [-0.3, -0.25) is 4.72 Å². The Kier molecular flexibility index (Phi) is 8.05. The third kappa shape index (κ3) is 5.52. The standard InChI is InChI=1S/C25H28N2O8S/c1-31-20-9-8-17(14-18(20)26)36(29,30)27-19-10-15(11-21(32-2)24(19)28)6-7-16-12-22(33-3)25(35-5)23(13-16)34-4/h6-14,27-28H,26H2,1-5H3. The average Bonchev–Trinajstić information content (AvgIpc) is 2.87. The number of sulfonamides is 1. The molecular weight excluding hydrogens is 488 g/mol. The van der Waals surface area contributed by atoms with Crippen LogP contribution in [0.4, 0.5) is 11.4 Å². The molecule has 0 radical (unpaired) electrons. The minimum Gasteiger partial charge on any atom is -0.503 e. The van der Waals surface area contributed by atoms with E-state index < -0.39 is 10.0 Å². The van der Waals surface area contributed by atoms with Crippen LogP contribution in [-0.2, 0) is 10.0 Å². The van der Waals surface area contributed by atoms with Gasteiger partial charge in [0.1, 0.15) is 5.75 Å². The van der Waals surface area contributed by atoms with Crippen LogP contribution in [0.15, 0.2) is 47.4 Å². The van der Waals surface area contributed by atoms with Crippen molar-refractivity contribution >= 4 is 33.6 Å². The van der Waals surface area contributed by atoms with E-state index in [1.54, 1.807) is 30.4 Å². The van der Waals surface area contributed by atoms with Gasteiger partial charge in [-0.15, -0.1) is 0 Å². The highest BCUT2D eigenvalue weighted by atomic mass is 32.2. The van der Waals surface area contributed by atoms with Crippen molar-refractivity contribution in [3.05, 3.63) is 53.6 Å². The lowest BCUT2D eigenvalue weighted by atomic mass is 10.1. The molecule has 0 fully saturated rings. The normalized spacial score (nSPS) is 11.2. The smallest absolute Gasteiger partial charge is 0.262 e. The first-order chi connectivity index (χ1) is 17.2. The van der Waals surface area contributed by atoms with Crippen LogP contribution in [-0.4, -0.2) is 49.1 Å². The maximum atomic E-state index is 13.0. The zero-order valence-corrected chi connectivity index (χ0v) is 21.3. The van der Waals surface area contributed by atoms with E-state index in [2.05, 4.69) is 4.72 Å². The largest absolute Gasteiger partial charge is 0.503 e. The van der Waals surface area contributed by atoms with E-state index in [4.69, 9.17) is 29.4 Å². The highest BCUT2D eigenvalue weighted by molar-refractivity contribution is 7.92. The SMILES string of the molecule is COc1ccc(S(=O)(=O)Nc2cc(C=Cc3cc(OC)c(OC)c(OC)c3)cc(OC)c2O)cc1N. The van der Waals surface area contributed by atoms with Crippen LogP contribution in [0.3, 0.4) is 0 Å². The molecule has 0 aliphatic heterocycles. The molecular formula is C25H28N2O8S. The van der Waals surface area contributed by atoms with Crippen molar-refractivity contribution in [1.29, 1.82) is 0 Å². The first kappa shape index (κ1) is 26.4. The van der Waals surface area contributed by atoms with Gasteiger partial charge in [0.15, 0.2) is 23.0 Å². The number of aromatic hydroxyl groups is 1. The molecule has 0 aromatic heterocycles. The van der Waals surface area contributed by atoms with Gasteiger partial charge < -0.3 is 34.5 Å². The Morgan fingerprint density at radius 3 is 1.78 bits per heavy atom. The number of hydrogen-bond donors (Lipinski definition) is 3. The van der Waals surface area contributed by atoms with Gasteiger partial charge in [-0.05, 0) is 53.6 Å². The number of rotatable bonds is 10. The van der Waals surface area contributed by atoms with E-state index in [9.17, 15) is 13.5 Å². The lowest BCUT2D eigenvalue weighted by Crippen LogP contribution is -2.14. The van der Waals surface area contributed by atoms with E-state index >= 15 is 0 Å². The van der Waals surface area contributed by atoms with Crippen LogP contribution in [0.1, 0.15) is 11.1 Å². The number of phenols is 1. The van der Waals surface area contributed by atoms with Crippen molar-refractivity contribution in [3.8, 4) is 34.5 Å². The second-order valence-electron chi connectivity index (χ2n) is 7.42. The highest BCUT2D eigenvalue weighted by Gasteiger charge is 2.20. The van der Waals surface area contributed by atoms with Crippen molar-refractivity contribution in [2.45, 2.75) is 4.90 Å². The van der Waals surface area contributed by atoms with Gasteiger partial charge in [0.25, 0.3) is 10.0 Å². The second-order valence-corrected chi connectivity index (χ2v) is 9.10. The number of nitrogen functional groups attached to an aromatic ring is 1. The third-order valence-electron chi connectivity index (χ3n) is 5.23. The molecule has 0 unspecified atom stereocenters. The molecule has 0 amide bonds. The fourth-order valence-corrected chi connectivity index (χ4v) is 4.52. The van der Waals surface area contributed by atoms with Gasteiger partial charge in [0.2, 0.25) is 5.75 Å². The molecule has 3 aromatic rings. The molecule has 0 aliphatic carbocycles. The van der Waals surface area contributed by atoms with E-state index in [1.165, 1.54) is 59.8 Å². The first-order valence-corrected chi connectivity index (χ1v) is 12.0. The molecule has 0 saturated carbocycles. The summed E-state index contributed by atoms with van der Waals surface area (Å²) in [6, 6.07) is 10.6. The van der Waals surface area contributed by atoms with Gasteiger partial charge in [-0.1, -0.05) is 12.2 Å². The molecule has 36 heavy (non-hydrogen) atoms. The Hall–Kier alpha value is -4.25. The lowest BCUT2D eigenvalue weighted by molar-refractivity contribution is 0.324. The number of ether oxygens (including phenoxy) is 5. The van der Waals surface area contributed by atoms with Crippen LogP contribution in [0.25, 0.3) is 12.2 Å². The first-order valence-electron chi connectivity index (χ1n) is 10.5. The summed E-state index contributed by atoms with van der Waals surface area (Å²) in [6.45, 7) is 0. The number of hydrogen-bond acceptors (Lipinski definition) is 9. The molecule has 0 heterocycles. The molecule has 0 saturated heterocycles. The van der Waals surface area contributed by atoms with Crippen LogP contribution in [0.5, 0.6) is 34.5 Å². The fraction of sp³-hybridized carbons (Fsp3) is 0.200. The molecule has 10 nitrogen and oxygen atoms in total. The topological polar surface area (TPSA) is 139 Å². The summed E-state index contributed by atoms with van der Waals surface area (Å²) in [7, 11) is 3.26. The Labute approximate surface area is 209 Å². The van der Waals surface area contributed by atoms with Crippen LogP contribution in [0.2, 0.25) is 0 Å². The lowest BCUT2D eigenvalue weighted by Gasteiger charge is -2.14. The molecule has 0 atom stereocenters. The molecule has 4 N–H and O–H groups in total. The van der Waals surface area contributed by atoms with Gasteiger partial charge in [-0.2, -0.15) is 0 Å². The van der Waals surface area contributed by atoms with Crippen molar-refractivity contribution in [3.63, 3.8) is 0 Å². The maximum absolute atomic E-state index is 13.0. The molecule has 192 valence electrons. The molecule has 0 bridgehead atoms. The zero-order chi connectivity index (χ0) is 26.5. The summed E-state index contributed by atoms with van der Waals surface area (Å²) in [4.78, 5) is -0.0995. The Morgan fingerprint density at radius 1 is 0.750 bits per heavy atom. The van der Waals surface area contributed by atoms with Gasteiger partial charge >= 0.3 is 0 Å². The summed E-state index contributed by atoms with van der Waals surface area (Å²) < 4.78 is 54.8. The van der Waals surface area contributed by atoms with E-state index in [0.29, 0.717) is 28.6 Å². The van der Waals surface area contributed by atoms with E-state index in [1.807, 2.05) is 0 Å². The Balaban J connectivity index is 1.99. The summed E-state index contributed by atoms with van der Waals surface area (Å²) >= 11 is 0. The number of nitrogens with two attached hydrogens (primary N) is 1. The van der Waals surface area contributed by atoms with Gasteiger partial charge in [0.05, 0.1) is 51.8 Å². The number of benzene rings is 3. The predicted molar refractivity (Wildman–Crippen MR) is 138 cm³/mol. The predicted octanol–water partition coefficient (Wildman–Crippen LogP) is 3.99. The number of methoxy groups -OCH3 is 5. The summed E-state index contributed by atoms with van der Waals surface area (Å²) in [5.74, 6) is 1.47. The van der Waals surface area contributed by atoms with Crippen LogP contribution >= 0.6 is 0 Å². The summed E-state index contributed by atoms with van der Waals surface area (Å²) in [5.41, 5.74) is 7.21. The van der Waals surface area contributed by atoms with Crippen molar-refractivity contribution in [2.24, 2.45) is 0 Å². The summed E-state index contributed by atoms with van der Waals surface area (Å²) in [5, 5.41) is 10.6. The van der Waals surface area contributed by atoms with E-state index in [-0.39, 0.29) is 27.8 Å². The van der Waals surface area contributed by atoms with Gasteiger partial charge in [0, 0.05) is 0 Å². The molecule has 3 aromatic carbocycles. The number of anilines is 2. The quantitative estimate of drug-likeness (QED) is 0.207. The van der Waals surface area contributed by atoms with Gasteiger partial charge in [-0.25, -0.2) is 8.42 Å². The molecule has 0 spiro atoms. The van der Waals surface area contributed by atoms with Crippen LogP contribution < -0.4 is 34.1 Å². The zero-order valence-electron chi connectivity index (χ0n) is 20.5. The Bertz CT molecular complexity index is 1360. The molecule has 0 aliphatic rings. The monoisotopic (exact) mass is 516 g/mol. The minimum atomic E-state index is -4.09. The maximum Gasteiger partial charge on any atom is 0.262 e. The number of nitrogens with one attached hydrogen (secondary N) is 1.